The first-order chi connectivity index (χ1) is 18.1. The van der Waals surface area contributed by atoms with Crippen molar-refractivity contribution in [2.45, 2.75) is 51.1 Å². The average molecular weight is 540 g/mol. The fourth-order valence-corrected chi connectivity index (χ4v) is 5.42. The van der Waals surface area contributed by atoms with Crippen molar-refractivity contribution in [3.8, 4) is 0 Å². The van der Waals surface area contributed by atoms with E-state index in [1.165, 1.54) is 29.2 Å². The van der Waals surface area contributed by atoms with E-state index < -0.39 is 34.3 Å². The van der Waals surface area contributed by atoms with Crippen LogP contribution in [0.1, 0.15) is 37.8 Å². The van der Waals surface area contributed by atoms with E-state index in [9.17, 15) is 22.4 Å². The fraction of sp³-hybridized carbons (Fsp3) is 0.310. The lowest BCUT2D eigenvalue weighted by atomic mass is 10.1. The number of hydrogen-bond donors (Lipinski definition) is 1. The minimum absolute atomic E-state index is 0.00674. The molecule has 0 bridgehead atoms. The van der Waals surface area contributed by atoms with Crippen LogP contribution in [-0.2, 0) is 26.2 Å². The summed E-state index contributed by atoms with van der Waals surface area (Å²) in [4.78, 5) is 28.1. The zero-order valence-electron chi connectivity index (χ0n) is 21.9. The van der Waals surface area contributed by atoms with Gasteiger partial charge in [-0.25, -0.2) is 12.8 Å². The molecule has 9 heteroatoms. The lowest BCUT2D eigenvalue weighted by molar-refractivity contribution is -0.139. The second-order valence-corrected chi connectivity index (χ2v) is 11.0. The normalized spacial score (nSPS) is 12.0. The summed E-state index contributed by atoms with van der Waals surface area (Å²) in [5.74, 6) is -1.41. The third kappa shape index (κ3) is 7.41. The van der Waals surface area contributed by atoms with Crippen molar-refractivity contribution >= 4 is 27.5 Å². The molecule has 0 aromatic heterocycles. The maximum absolute atomic E-state index is 13.8. The zero-order chi connectivity index (χ0) is 27.7. The average Bonchev–Trinajstić information content (AvgIpc) is 2.91. The van der Waals surface area contributed by atoms with Gasteiger partial charge in [0.15, 0.2) is 0 Å². The van der Waals surface area contributed by atoms with Crippen LogP contribution in [0.2, 0.25) is 0 Å². The smallest absolute Gasteiger partial charge is 0.264 e. The van der Waals surface area contributed by atoms with Crippen molar-refractivity contribution < 1.29 is 22.4 Å². The van der Waals surface area contributed by atoms with Crippen molar-refractivity contribution in [1.82, 2.24) is 10.2 Å². The first-order valence-corrected chi connectivity index (χ1v) is 14.0. The topological polar surface area (TPSA) is 86.8 Å². The van der Waals surface area contributed by atoms with Gasteiger partial charge in [-0.3, -0.25) is 13.9 Å². The van der Waals surface area contributed by atoms with Crippen molar-refractivity contribution in [3.63, 3.8) is 0 Å². The number of benzene rings is 3. The highest BCUT2D eigenvalue weighted by molar-refractivity contribution is 7.92. The third-order valence-corrected chi connectivity index (χ3v) is 7.95. The molecule has 38 heavy (non-hydrogen) atoms. The van der Waals surface area contributed by atoms with E-state index in [1.54, 1.807) is 25.1 Å². The summed E-state index contributed by atoms with van der Waals surface area (Å²) < 4.78 is 41.9. The van der Waals surface area contributed by atoms with E-state index >= 15 is 0 Å². The Morgan fingerprint density at radius 1 is 0.974 bits per heavy atom. The van der Waals surface area contributed by atoms with E-state index in [1.807, 2.05) is 38.1 Å². The van der Waals surface area contributed by atoms with Gasteiger partial charge in [-0.2, -0.15) is 0 Å². The molecule has 3 aromatic rings. The Morgan fingerprint density at radius 3 is 2.29 bits per heavy atom. The van der Waals surface area contributed by atoms with Crippen LogP contribution in [0.3, 0.4) is 0 Å². The molecular formula is C29H34FN3O4S. The van der Waals surface area contributed by atoms with E-state index in [-0.39, 0.29) is 23.0 Å². The number of carbonyl (C=O) groups is 2. The van der Waals surface area contributed by atoms with Gasteiger partial charge < -0.3 is 10.2 Å². The number of sulfonamides is 1. The summed E-state index contributed by atoms with van der Waals surface area (Å²) in [6.45, 7) is 5.60. The highest BCUT2D eigenvalue weighted by atomic mass is 32.2. The maximum atomic E-state index is 13.8. The first-order valence-electron chi connectivity index (χ1n) is 12.6. The second kappa shape index (κ2) is 13.2. The molecule has 0 heterocycles. The maximum Gasteiger partial charge on any atom is 0.264 e. The minimum Gasteiger partial charge on any atom is -0.354 e. The predicted octanol–water partition coefficient (Wildman–Crippen LogP) is 4.66. The van der Waals surface area contributed by atoms with E-state index in [4.69, 9.17) is 0 Å². The zero-order valence-corrected chi connectivity index (χ0v) is 22.7. The highest BCUT2D eigenvalue weighted by Crippen LogP contribution is 2.25. The van der Waals surface area contributed by atoms with Gasteiger partial charge in [0.2, 0.25) is 11.8 Å². The van der Waals surface area contributed by atoms with Crippen molar-refractivity contribution in [2.24, 2.45) is 0 Å². The standard InChI is InChI=1S/C29H34FN3O4S/c1-4-5-18-31-29(35)23(3)32(20-24-11-9-10-22(2)19-24)28(34)21-33(26-16-14-25(30)15-17-26)38(36,37)27-12-7-6-8-13-27/h6-17,19,23H,4-5,18,20-21H2,1-3H3,(H,31,35)/t23-/m0/s1. The molecule has 1 N–H and O–H groups in total. The third-order valence-electron chi connectivity index (χ3n) is 6.16. The second-order valence-electron chi connectivity index (χ2n) is 9.13. The van der Waals surface area contributed by atoms with Crippen molar-refractivity contribution in [1.29, 1.82) is 0 Å². The van der Waals surface area contributed by atoms with Crippen molar-refractivity contribution in [2.75, 3.05) is 17.4 Å². The molecule has 1 atom stereocenters. The molecule has 3 rings (SSSR count). The van der Waals surface area contributed by atoms with Gasteiger partial charge >= 0.3 is 0 Å². The Hall–Kier alpha value is -3.72. The lowest BCUT2D eigenvalue weighted by Crippen LogP contribution is -2.51. The molecule has 0 unspecified atom stereocenters. The Balaban J connectivity index is 1.98. The van der Waals surface area contributed by atoms with E-state index in [0.29, 0.717) is 6.54 Å². The van der Waals surface area contributed by atoms with Crippen LogP contribution in [-0.4, -0.2) is 44.3 Å². The van der Waals surface area contributed by atoms with Crippen LogP contribution in [0.25, 0.3) is 0 Å². The molecule has 0 saturated heterocycles. The van der Waals surface area contributed by atoms with Gasteiger partial charge in [-0.05, 0) is 62.2 Å². The molecule has 3 aromatic carbocycles. The molecule has 0 spiro atoms. The number of carbonyl (C=O) groups excluding carboxylic acids is 2. The Labute approximate surface area is 224 Å². The summed E-state index contributed by atoms with van der Waals surface area (Å²) in [5, 5.41) is 2.86. The van der Waals surface area contributed by atoms with Crippen LogP contribution < -0.4 is 9.62 Å². The Kier molecular flexibility index (Phi) is 10.0. The molecule has 0 aliphatic heterocycles. The highest BCUT2D eigenvalue weighted by Gasteiger charge is 2.32. The van der Waals surface area contributed by atoms with Crippen LogP contribution >= 0.6 is 0 Å². The number of hydrogen-bond acceptors (Lipinski definition) is 4. The van der Waals surface area contributed by atoms with Gasteiger partial charge in [-0.15, -0.1) is 0 Å². The van der Waals surface area contributed by atoms with Crippen LogP contribution in [0, 0.1) is 12.7 Å². The van der Waals surface area contributed by atoms with Gasteiger partial charge in [0.1, 0.15) is 18.4 Å². The summed E-state index contributed by atoms with van der Waals surface area (Å²) in [5.41, 5.74) is 1.94. The molecular weight excluding hydrogens is 505 g/mol. The summed E-state index contributed by atoms with van der Waals surface area (Å²) in [7, 11) is -4.18. The summed E-state index contributed by atoms with van der Waals surface area (Å²) >= 11 is 0. The van der Waals surface area contributed by atoms with E-state index in [0.717, 1.165) is 40.4 Å². The number of unbranched alkanes of at least 4 members (excludes halogenated alkanes) is 1. The number of amides is 2. The van der Waals surface area contributed by atoms with Crippen molar-refractivity contribution in [3.05, 3.63) is 95.8 Å². The number of nitrogens with one attached hydrogen (secondary N) is 1. The summed E-state index contributed by atoms with van der Waals surface area (Å²) in [6, 6.07) is 19.4. The van der Waals surface area contributed by atoms with Gasteiger partial charge in [0.25, 0.3) is 10.0 Å². The lowest BCUT2D eigenvalue weighted by Gasteiger charge is -2.32. The van der Waals surface area contributed by atoms with Gasteiger partial charge in [0, 0.05) is 13.1 Å². The molecule has 0 radical (unpaired) electrons. The van der Waals surface area contributed by atoms with Gasteiger partial charge in [-0.1, -0.05) is 61.4 Å². The molecule has 202 valence electrons. The first kappa shape index (κ1) is 28.8. The number of anilines is 1. The van der Waals surface area contributed by atoms with Gasteiger partial charge in [0.05, 0.1) is 10.6 Å². The number of nitrogens with zero attached hydrogens (tertiary/aromatic N) is 2. The fourth-order valence-electron chi connectivity index (χ4n) is 3.98. The number of rotatable bonds is 12. The predicted molar refractivity (Wildman–Crippen MR) is 146 cm³/mol. The Morgan fingerprint density at radius 2 is 1.66 bits per heavy atom. The quantitative estimate of drug-likeness (QED) is 0.339. The van der Waals surface area contributed by atoms with E-state index in [2.05, 4.69) is 5.32 Å². The SMILES string of the molecule is CCCCNC(=O)[C@H](C)N(Cc1cccc(C)c1)C(=O)CN(c1ccc(F)cc1)S(=O)(=O)c1ccccc1. The summed E-state index contributed by atoms with van der Waals surface area (Å²) in [6.07, 6.45) is 1.71. The van der Waals surface area contributed by atoms with Crippen LogP contribution in [0.5, 0.6) is 0 Å². The minimum atomic E-state index is -4.18. The number of halogens is 1. The van der Waals surface area contributed by atoms with Crippen LogP contribution in [0.4, 0.5) is 10.1 Å². The molecule has 0 saturated carbocycles. The molecule has 0 aliphatic rings. The molecule has 2 amide bonds. The Bertz CT molecular complexity index is 1330. The number of aryl methyl sites for hydroxylation is 1. The molecule has 7 nitrogen and oxygen atoms in total. The largest absolute Gasteiger partial charge is 0.354 e. The molecule has 0 aliphatic carbocycles. The van der Waals surface area contributed by atoms with Crippen LogP contribution in [0.15, 0.2) is 83.8 Å². The molecule has 0 fully saturated rings. The monoisotopic (exact) mass is 539 g/mol.